The molecule has 2 heterocycles. The first kappa shape index (κ1) is 18.3. The molecule has 0 bridgehead atoms. The Hall–Kier alpha value is -3.03. The Morgan fingerprint density at radius 1 is 1.18 bits per heavy atom. The molecule has 9 heteroatoms. The van der Waals surface area contributed by atoms with E-state index in [2.05, 4.69) is 15.7 Å². The first-order valence-corrected chi connectivity index (χ1v) is 9.19. The number of hydrogen-bond donors (Lipinski definition) is 3. The summed E-state index contributed by atoms with van der Waals surface area (Å²) in [5.74, 6) is -1.45. The number of hydrogen-bond acceptors (Lipinski definition) is 4. The second-order valence-electron chi connectivity index (χ2n) is 6.29. The second-order valence-corrected chi connectivity index (χ2v) is 7.07. The SMILES string of the molecule is Nc1nc(-c2ccccc2)c2n1NC(=O)C[C@@H]2C(=O)Nc1cccc(Cl)c1Cl. The van der Waals surface area contributed by atoms with Crippen LogP contribution in [0.1, 0.15) is 18.0 Å². The van der Waals surface area contributed by atoms with E-state index < -0.39 is 11.8 Å². The standard InChI is InChI=1S/C19H15Cl2N5O2/c20-12-7-4-8-13(15(12)21)23-18(28)11-9-14(27)25-26-17(11)16(24-19(26)22)10-5-2-1-3-6-10/h1-8,11H,9H2,(H2,22,24)(H,23,28)(H,25,27)/t11-/m0/s1. The van der Waals surface area contributed by atoms with Crippen molar-refractivity contribution in [1.29, 1.82) is 0 Å². The van der Waals surface area contributed by atoms with Gasteiger partial charge in [0.25, 0.3) is 0 Å². The van der Waals surface area contributed by atoms with Crippen LogP contribution in [0, 0.1) is 0 Å². The number of nitrogens with two attached hydrogens (primary N) is 1. The number of fused-ring (bicyclic) bond motifs is 1. The summed E-state index contributed by atoms with van der Waals surface area (Å²) in [5, 5.41) is 3.30. The van der Waals surface area contributed by atoms with Crippen molar-refractivity contribution in [2.24, 2.45) is 0 Å². The molecule has 0 aliphatic carbocycles. The number of nitrogens with zero attached hydrogens (tertiary/aromatic N) is 2. The smallest absolute Gasteiger partial charge is 0.240 e. The molecule has 0 saturated heterocycles. The second kappa shape index (κ2) is 7.18. The van der Waals surface area contributed by atoms with E-state index in [1.165, 1.54) is 4.68 Å². The lowest BCUT2D eigenvalue weighted by molar-refractivity contribution is -0.124. The summed E-state index contributed by atoms with van der Waals surface area (Å²) >= 11 is 12.2. The van der Waals surface area contributed by atoms with Crippen molar-refractivity contribution >= 4 is 46.7 Å². The van der Waals surface area contributed by atoms with Gasteiger partial charge < -0.3 is 11.1 Å². The number of nitrogen functional groups attached to an aromatic ring is 1. The number of rotatable bonds is 3. The van der Waals surface area contributed by atoms with Gasteiger partial charge in [-0.1, -0.05) is 59.6 Å². The molecule has 4 rings (SSSR count). The van der Waals surface area contributed by atoms with Crippen LogP contribution < -0.4 is 16.5 Å². The van der Waals surface area contributed by atoms with E-state index in [-0.39, 0.29) is 23.3 Å². The molecule has 142 valence electrons. The summed E-state index contributed by atoms with van der Waals surface area (Å²) in [6.07, 6.45) is -0.0466. The van der Waals surface area contributed by atoms with Gasteiger partial charge in [0, 0.05) is 12.0 Å². The number of amides is 2. The van der Waals surface area contributed by atoms with E-state index in [0.717, 1.165) is 5.56 Å². The lowest BCUT2D eigenvalue weighted by Crippen LogP contribution is -2.38. The summed E-state index contributed by atoms with van der Waals surface area (Å²) < 4.78 is 1.36. The van der Waals surface area contributed by atoms with Crippen molar-refractivity contribution in [1.82, 2.24) is 9.66 Å². The minimum Gasteiger partial charge on any atom is -0.368 e. The van der Waals surface area contributed by atoms with E-state index in [4.69, 9.17) is 28.9 Å². The predicted octanol–water partition coefficient (Wildman–Crippen LogP) is 3.64. The topological polar surface area (TPSA) is 102 Å². The molecule has 28 heavy (non-hydrogen) atoms. The molecule has 0 saturated carbocycles. The molecule has 7 nitrogen and oxygen atoms in total. The quantitative estimate of drug-likeness (QED) is 0.607. The minimum absolute atomic E-state index is 0.0466. The average molecular weight is 416 g/mol. The lowest BCUT2D eigenvalue weighted by Gasteiger charge is -2.25. The highest BCUT2D eigenvalue weighted by Gasteiger charge is 2.36. The van der Waals surface area contributed by atoms with Gasteiger partial charge in [-0.05, 0) is 12.1 Å². The molecule has 4 N–H and O–H groups in total. The van der Waals surface area contributed by atoms with Crippen LogP contribution in [0.2, 0.25) is 10.0 Å². The molecular weight excluding hydrogens is 401 g/mol. The summed E-state index contributed by atoms with van der Waals surface area (Å²) in [7, 11) is 0. The largest absolute Gasteiger partial charge is 0.368 e. The highest BCUT2D eigenvalue weighted by atomic mass is 35.5. The first-order chi connectivity index (χ1) is 13.5. The van der Waals surface area contributed by atoms with Gasteiger partial charge in [-0.3, -0.25) is 15.0 Å². The van der Waals surface area contributed by atoms with Crippen LogP contribution in [0.25, 0.3) is 11.3 Å². The highest BCUT2D eigenvalue weighted by Crippen LogP contribution is 2.36. The third-order valence-electron chi connectivity index (χ3n) is 4.47. The van der Waals surface area contributed by atoms with Gasteiger partial charge >= 0.3 is 0 Å². The molecule has 0 fully saturated rings. The third-order valence-corrected chi connectivity index (χ3v) is 5.29. The molecule has 1 atom stereocenters. The fourth-order valence-corrected chi connectivity index (χ4v) is 3.54. The fraction of sp³-hybridized carbons (Fsp3) is 0.105. The van der Waals surface area contributed by atoms with Crippen molar-refractivity contribution in [2.75, 3.05) is 16.5 Å². The Morgan fingerprint density at radius 3 is 2.68 bits per heavy atom. The maximum atomic E-state index is 13.1. The third kappa shape index (κ3) is 3.19. The average Bonchev–Trinajstić information content (AvgIpc) is 3.02. The van der Waals surface area contributed by atoms with Gasteiger partial charge in [0.15, 0.2) is 0 Å². The minimum atomic E-state index is -0.802. The number of aromatic nitrogens is 2. The first-order valence-electron chi connectivity index (χ1n) is 8.44. The number of carbonyl (C=O) groups excluding carboxylic acids is 2. The Labute approximate surface area is 170 Å². The van der Waals surface area contributed by atoms with Crippen LogP contribution in [0.5, 0.6) is 0 Å². The molecule has 2 aromatic carbocycles. The maximum absolute atomic E-state index is 13.1. The zero-order chi connectivity index (χ0) is 19.8. The Balaban J connectivity index is 1.76. The molecule has 0 unspecified atom stereocenters. The number of imidazole rings is 1. The number of anilines is 2. The van der Waals surface area contributed by atoms with E-state index in [0.29, 0.717) is 22.1 Å². The maximum Gasteiger partial charge on any atom is 0.240 e. The van der Waals surface area contributed by atoms with Crippen molar-refractivity contribution in [3.05, 3.63) is 64.3 Å². The van der Waals surface area contributed by atoms with E-state index in [1.807, 2.05) is 30.3 Å². The summed E-state index contributed by atoms with van der Waals surface area (Å²) in [4.78, 5) is 29.6. The Kier molecular flexibility index (Phi) is 4.70. The highest BCUT2D eigenvalue weighted by molar-refractivity contribution is 6.44. The summed E-state index contributed by atoms with van der Waals surface area (Å²) in [6, 6.07) is 14.3. The van der Waals surface area contributed by atoms with Gasteiger partial charge in [-0.25, -0.2) is 9.66 Å². The molecular formula is C19H15Cl2N5O2. The van der Waals surface area contributed by atoms with Crippen molar-refractivity contribution < 1.29 is 9.59 Å². The monoisotopic (exact) mass is 415 g/mol. The number of nitrogens with one attached hydrogen (secondary N) is 2. The molecule has 1 aliphatic heterocycles. The van der Waals surface area contributed by atoms with Crippen molar-refractivity contribution in [2.45, 2.75) is 12.3 Å². The Bertz CT molecular complexity index is 1080. The summed E-state index contributed by atoms with van der Waals surface area (Å²) in [5.41, 5.74) is 10.8. The van der Waals surface area contributed by atoms with Crippen LogP contribution in [0.3, 0.4) is 0 Å². The van der Waals surface area contributed by atoms with Gasteiger partial charge in [-0.2, -0.15) is 0 Å². The van der Waals surface area contributed by atoms with Crippen LogP contribution in [0.15, 0.2) is 48.5 Å². The number of benzene rings is 2. The van der Waals surface area contributed by atoms with Crippen LogP contribution in [-0.4, -0.2) is 21.5 Å². The zero-order valence-electron chi connectivity index (χ0n) is 14.4. The zero-order valence-corrected chi connectivity index (χ0v) is 16.0. The molecule has 1 aliphatic rings. The van der Waals surface area contributed by atoms with E-state index >= 15 is 0 Å². The van der Waals surface area contributed by atoms with Gasteiger partial charge in [-0.15, -0.1) is 0 Å². The molecule has 3 aromatic rings. The summed E-state index contributed by atoms with van der Waals surface area (Å²) in [6.45, 7) is 0. The molecule has 0 radical (unpaired) electrons. The van der Waals surface area contributed by atoms with E-state index in [1.54, 1.807) is 18.2 Å². The predicted molar refractivity (Wildman–Crippen MR) is 109 cm³/mol. The van der Waals surface area contributed by atoms with Crippen LogP contribution in [-0.2, 0) is 9.59 Å². The molecule has 2 amide bonds. The Morgan fingerprint density at radius 2 is 1.93 bits per heavy atom. The van der Waals surface area contributed by atoms with Crippen LogP contribution in [0.4, 0.5) is 11.6 Å². The number of carbonyl (C=O) groups is 2. The molecule has 0 spiro atoms. The normalized spacial score (nSPS) is 15.6. The van der Waals surface area contributed by atoms with Gasteiger partial charge in [0.1, 0.15) is 0 Å². The van der Waals surface area contributed by atoms with Gasteiger partial charge in [0.2, 0.25) is 17.8 Å². The fourth-order valence-electron chi connectivity index (χ4n) is 3.19. The van der Waals surface area contributed by atoms with Crippen LogP contribution >= 0.6 is 23.2 Å². The number of halogens is 2. The lowest BCUT2D eigenvalue weighted by atomic mass is 9.94. The van der Waals surface area contributed by atoms with Crippen molar-refractivity contribution in [3.63, 3.8) is 0 Å². The van der Waals surface area contributed by atoms with E-state index in [9.17, 15) is 9.59 Å². The molecule has 1 aromatic heterocycles. The van der Waals surface area contributed by atoms with Crippen molar-refractivity contribution in [3.8, 4) is 11.3 Å². The van der Waals surface area contributed by atoms with Gasteiger partial charge in [0.05, 0.1) is 33.0 Å².